The van der Waals surface area contributed by atoms with Crippen molar-refractivity contribution in [2.75, 3.05) is 37.6 Å². The van der Waals surface area contributed by atoms with Gasteiger partial charge in [0.15, 0.2) is 0 Å². The topological polar surface area (TPSA) is 6.48 Å². The lowest BCUT2D eigenvalue weighted by atomic mass is 9.89. The van der Waals surface area contributed by atoms with Crippen molar-refractivity contribution in [2.24, 2.45) is 0 Å². The van der Waals surface area contributed by atoms with E-state index in [1.165, 1.54) is 82.5 Å². The second kappa shape index (κ2) is 9.60. The number of hydrogen-bond acceptors (Lipinski definition) is 2. The zero-order chi connectivity index (χ0) is 19.2. The molecule has 1 saturated heterocycles. The molecule has 1 fully saturated rings. The molecule has 0 N–H and O–H groups in total. The van der Waals surface area contributed by atoms with E-state index in [2.05, 4.69) is 71.3 Å². The highest BCUT2D eigenvalue weighted by atomic mass is 15.2. The van der Waals surface area contributed by atoms with E-state index in [9.17, 15) is 0 Å². The number of nitrogens with zero attached hydrogens (tertiary/aromatic N) is 2. The highest BCUT2D eigenvalue weighted by Gasteiger charge is 2.28. The van der Waals surface area contributed by atoms with Crippen LogP contribution in [0.4, 0.5) is 5.69 Å². The number of anilines is 1. The lowest BCUT2D eigenvalue weighted by Crippen LogP contribution is -2.34. The average molecular weight is 377 g/mol. The third-order valence-corrected chi connectivity index (χ3v) is 6.84. The van der Waals surface area contributed by atoms with Gasteiger partial charge in [-0.05, 0) is 68.4 Å². The normalized spacial score (nSPS) is 20.5. The van der Waals surface area contributed by atoms with Crippen LogP contribution in [0.5, 0.6) is 0 Å². The predicted octanol–water partition coefficient (Wildman–Crippen LogP) is 6.05. The Morgan fingerprint density at radius 3 is 2.39 bits per heavy atom. The molecule has 0 aliphatic carbocycles. The van der Waals surface area contributed by atoms with E-state index >= 15 is 0 Å². The van der Waals surface area contributed by atoms with E-state index in [-0.39, 0.29) is 0 Å². The van der Waals surface area contributed by atoms with Crippen LogP contribution in [-0.2, 0) is 0 Å². The molecule has 2 nitrogen and oxygen atoms in total. The minimum Gasteiger partial charge on any atom is -0.371 e. The summed E-state index contributed by atoms with van der Waals surface area (Å²) in [6, 6.07) is 20.3. The Balaban J connectivity index is 1.28. The Hall–Kier alpha value is -1.80. The van der Waals surface area contributed by atoms with Gasteiger partial charge in [0, 0.05) is 24.7 Å². The zero-order valence-electron chi connectivity index (χ0n) is 17.5. The number of rotatable bonds is 8. The highest BCUT2D eigenvalue weighted by Crippen LogP contribution is 2.38. The summed E-state index contributed by atoms with van der Waals surface area (Å²) in [5, 5.41) is 0. The van der Waals surface area contributed by atoms with E-state index in [1.807, 2.05) is 0 Å². The molecule has 0 bridgehead atoms. The first kappa shape index (κ1) is 19.5. The summed E-state index contributed by atoms with van der Waals surface area (Å²) in [7, 11) is 0. The number of fused-ring (bicyclic) bond motifs is 1. The maximum atomic E-state index is 2.71. The lowest BCUT2D eigenvalue weighted by molar-refractivity contribution is 0.206. The number of likely N-dealkylation sites (tertiary alicyclic amines) is 1. The molecule has 1 unspecified atom stereocenters. The van der Waals surface area contributed by atoms with Crippen LogP contribution in [0.25, 0.3) is 0 Å². The van der Waals surface area contributed by atoms with Gasteiger partial charge in [-0.3, -0.25) is 0 Å². The van der Waals surface area contributed by atoms with Crippen molar-refractivity contribution in [3.05, 3.63) is 65.7 Å². The first-order valence-electron chi connectivity index (χ1n) is 11.5. The van der Waals surface area contributed by atoms with E-state index in [4.69, 9.17) is 0 Å². The number of unbranched alkanes of at least 4 members (excludes halogenated alkanes) is 2. The van der Waals surface area contributed by atoms with Crippen molar-refractivity contribution >= 4 is 5.69 Å². The molecule has 0 aromatic heterocycles. The molecule has 2 aromatic rings. The SMILES string of the molecule is CCCCCN1CC(CCN2CCC(c3ccccc3)CC2)c2ccccc21. The molecule has 2 aromatic carbocycles. The van der Waals surface area contributed by atoms with Crippen molar-refractivity contribution in [3.8, 4) is 0 Å². The van der Waals surface area contributed by atoms with Crippen LogP contribution in [0.1, 0.15) is 68.4 Å². The van der Waals surface area contributed by atoms with Crippen LogP contribution < -0.4 is 4.90 Å². The lowest BCUT2D eigenvalue weighted by Gasteiger charge is -2.32. The Morgan fingerprint density at radius 2 is 1.61 bits per heavy atom. The summed E-state index contributed by atoms with van der Waals surface area (Å²) in [4.78, 5) is 5.36. The molecule has 2 aliphatic rings. The van der Waals surface area contributed by atoms with Gasteiger partial charge in [0.25, 0.3) is 0 Å². The van der Waals surface area contributed by atoms with E-state index in [1.54, 1.807) is 5.56 Å². The zero-order valence-corrected chi connectivity index (χ0v) is 17.5. The first-order chi connectivity index (χ1) is 13.8. The van der Waals surface area contributed by atoms with Crippen molar-refractivity contribution in [2.45, 2.75) is 57.3 Å². The Labute approximate surface area is 171 Å². The van der Waals surface area contributed by atoms with E-state index in [0.717, 1.165) is 5.92 Å². The number of benzene rings is 2. The standard InChI is InChI=1S/C26H36N2/c1-2-3-9-17-28-21-24(25-12-7-8-13-26(25)28)16-20-27-18-14-23(15-19-27)22-10-5-4-6-11-22/h4-8,10-13,23-24H,2-3,9,14-21H2,1H3. The Bertz CT molecular complexity index is 718. The fourth-order valence-corrected chi connectivity index (χ4v) is 5.15. The number of para-hydroxylation sites is 1. The van der Waals surface area contributed by atoms with Gasteiger partial charge in [-0.15, -0.1) is 0 Å². The molecule has 0 saturated carbocycles. The minimum atomic E-state index is 0.713. The predicted molar refractivity (Wildman–Crippen MR) is 120 cm³/mol. The van der Waals surface area contributed by atoms with Crippen LogP contribution in [0, 0.1) is 0 Å². The number of hydrogen-bond donors (Lipinski definition) is 0. The van der Waals surface area contributed by atoms with Crippen LogP contribution in [0.2, 0.25) is 0 Å². The third-order valence-electron chi connectivity index (χ3n) is 6.84. The summed E-state index contributed by atoms with van der Waals surface area (Å²) >= 11 is 0. The van der Waals surface area contributed by atoms with Gasteiger partial charge >= 0.3 is 0 Å². The summed E-state index contributed by atoms with van der Waals surface area (Å²) in [6.45, 7) is 8.51. The second-order valence-corrected chi connectivity index (χ2v) is 8.72. The van der Waals surface area contributed by atoms with E-state index in [0.29, 0.717) is 5.92 Å². The molecule has 1 atom stereocenters. The van der Waals surface area contributed by atoms with Gasteiger partial charge in [0.1, 0.15) is 0 Å². The smallest absolute Gasteiger partial charge is 0.0402 e. The third kappa shape index (κ3) is 4.60. The van der Waals surface area contributed by atoms with Crippen molar-refractivity contribution in [1.82, 2.24) is 4.90 Å². The van der Waals surface area contributed by atoms with Gasteiger partial charge < -0.3 is 9.80 Å². The van der Waals surface area contributed by atoms with Crippen LogP contribution in [-0.4, -0.2) is 37.6 Å². The minimum absolute atomic E-state index is 0.713. The molecule has 0 radical (unpaired) electrons. The summed E-state index contributed by atoms with van der Waals surface area (Å²) in [6.07, 6.45) is 7.90. The largest absolute Gasteiger partial charge is 0.371 e. The molecule has 28 heavy (non-hydrogen) atoms. The summed E-state index contributed by atoms with van der Waals surface area (Å²) in [5.74, 6) is 1.48. The van der Waals surface area contributed by atoms with Gasteiger partial charge in [0.2, 0.25) is 0 Å². The molecule has 0 amide bonds. The molecular formula is C26H36N2. The van der Waals surface area contributed by atoms with Crippen molar-refractivity contribution in [1.29, 1.82) is 0 Å². The van der Waals surface area contributed by atoms with Crippen LogP contribution >= 0.6 is 0 Å². The monoisotopic (exact) mass is 376 g/mol. The van der Waals surface area contributed by atoms with Gasteiger partial charge in [-0.1, -0.05) is 68.3 Å². The molecule has 2 aliphatic heterocycles. The number of piperidine rings is 1. The first-order valence-corrected chi connectivity index (χ1v) is 11.5. The Morgan fingerprint density at radius 1 is 0.857 bits per heavy atom. The maximum Gasteiger partial charge on any atom is 0.0402 e. The average Bonchev–Trinajstić information content (AvgIpc) is 3.11. The van der Waals surface area contributed by atoms with Gasteiger partial charge in [-0.2, -0.15) is 0 Å². The Kier molecular flexibility index (Phi) is 6.69. The van der Waals surface area contributed by atoms with Crippen LogP contribution in [0.3, 0.4) is 0 Å². The van der Waals surface area contributed by atoms with E-state index < -0.39 is 0 Å². The fraction of sp³-hybridized carbons (Fsp3) is 0.538. The van der Waals surface area contributed by atoms with Gasteiger partial charge in [0.05, 0.1) is 0 Å². The second-order valence-electron chi connectivity index (χ2n) is 8.72. The molecule has 0 spiro atoms. The maximum absolute atomic E-state index is 2.71. The fourth-order valence-electron chi connectivity index (χ4n) is 5.15. The van der Waals surface area contributed by atoms with Crippen LogP contribution in [0.15, 0.2) is 54.6 Å². The van der Waals surface area contributed by atoms with Crippen molar-refractivity contribution < 1.29 is 0 Å². The van der Waals surface area contributed by atoms with Gasteiger partial charge in [-0.25, -0.2) is 0 Å². The summed E-state index contributed by atoms with van der Waals surface area (Å²) < 4.78 is 0. The quantitative estimate of drug-likeness (QED) is 0.517. The van der Waals surface area contributed by atoms with Crippen molar-refractivity contribution in [3.63, 3.8) is 0 Å². The molecular weight excluding hydrogens is 340 g/mol. The summed E-state index contributed by atoms with van der Waals surface area (Å²) in [5.41, 5.74) is 4.64. The molecule has 2 heteroatoms. The molecule has 2 heterocycles. The molecule has 4 rings (SSSR count). The molecule has 150 valence electrons. The highest BCUT2D eigenvalue weighted by molar-refractivity contribution is 5.60.